The van der Waals surface area contributed by atoms with E-state index in [1.54, 1.807) is 16.6 Å². The van der Waals surface area contributed by atoms with Gasteiger partial charge < -0.3 is 15.4 Å². The van der Waals surface area contributed by atoms with Crippen LogP contribution in [-0.4, -0.2) is 45.0 Å². The first kappa shape index (κ1) is 19.3. The Morgan fingerprint density at radius 1 is 1.21 bits per heavy atom. The van der Waals surface area contributed by atoms with Crippen molar-refractivity contribution in [3.63, 3.8) is 0 Å². The Balaban J connectivity index is 1.33. The van der Waals surface area contributed by atoms with Crippen LogP contribution < -0.4 is 10.6 Å². The molecule has 1 aromatic carbocycles. The molecule has 0 radical (unpaired) electrons. The summed E-state index contributed by atoms with van der Waals surface area (Å²) in [6.07, 6.45) is 2.92. The van der Waals surface area contributed by atoms with Crippen LogP contribution in [0.4, 0.5) is 10.2 Å². The first-order valence-electron chi connectivity index (χ1n) is 9.75. The summed E-state index contributed by atoms with van der Waals surface area (Å²) in [5, 5.41) is 18.9. The highest BCUT2D eigenvalue weighted by atomic mass is 19.1. The van der Waals surface area contributed by atoms with Crippen LogP contribution in [-0.2, 0) is 22.5 Å². The van der Waals surface area contributed by atoms with E-state index in [1.165, 1.54) is 12.1 Å². The molecule has 3 heterocycles. The predicted molar refractivity (Wildman–Crippen MR) is 105 cm³/mol. The van der Waals surface area contributed by atoms with Crippen LogP contribution in [0.25, 0.3) is 5.65 Å². The first-order valence-corrected chi connectivity index (χ1v) is 9.75. The van der Waals surface area contributed by atoms with E-state index in [1.807, 2.05) is 12.1 Å². The van der Waals surface area contributed by atoms with Crippen LogP contribution >= 0.6 is 0 Å². The molecule has 1 fully saturated rings. The number of carbonyl (C=O) groups excluding carboxylic acids is 1. The Hall–Kier alpha value is -3.07. The standard InChI is InChI=1S/C20H23FN6O2/c21-15-5-3-14(4-6-15)12-22-17-7-8-18-24-25-19(27(18)26-17)9-10-20(28)23-13-16-2-1-11-29-16/h3-8,16H,1-2,9-13H2,(H,22,26)(H,23,28)/t16-/m0/s1. The zero-order chi connectivity index (χ0) is 20.1. The third-order valence-corrected chi connectivity index (χ3v) is 4.84. The zero-order valence-corrected chi connectivity index (χ0v) is 16.0. The minimum atomic E-state index is -0.262. The van der Waals surface area contributed by atoms with Gasteiger partial charge in [0.05, 0.1) is 6.10 Å². The van der Waals surface area contributed by atoms with Gasteiger partial charge in [-0.3, -0.25) is 4.79 Å². The van der Waals surface area contributed by atoms with Crippen molar-refractivity contribution in [2.24, 2.45) is 0 Å². The molecule has 1 aliphatic rings. The highest BCUT2D eigenvalue weighted by Gasteiger charge is 2.16. The summed E-state index contributed by atoms with van der Waals surface area (Å²) in [7, 11) is 0. The number of aromatic nitrogens is 4. The van der Waals surface area contributed by atoms with E-state index in [2.05, 4.69) is 25.9 Å². The average Bonchev–Trinajstić information content (AvgIpc) is 3.40. The second-order valence-electron chi connectivity index (χ2n) is 7.02. The van der Waals surface area contributed by atoms with Gasteiger partial charge in [0, 0.05) is 32.5 Å². The van der Waals surface area contributed by atoms with Gasteiger partial charge in [0.15, 0.2) is 11.5 Å². The van der Waals surface area contributed by atoms with Gasteiger partial charge in [0.1, 0.15) is 11.6 Å². The van der Waals surface area contributed by atoms with E-state index in [4.69, 9.17) is 4.74 Å². The summed E-state index contributed by atoms with van der Waals surface area (Å²) in [5.41, 5.74) is 1.56. The van der Waals surface area contributed by atoms with Crippen LogP contribution in [0.1, 0.15) is 30.7 Å². The molecule has 2 N–H and O–H groups in total. The summed E-state index contributed by atoms with van der Waals surface area (Å²) < 4.78 is 20.2. The summed E-state index contributed by atoms with van der Waals surface area (Å²) in [5.74, 6) is 0.966. The fraction of sp³-hybridized carbons (Fsp3) is 0.400. The molecule has 0 spiro atoms. The van der Waals surface area contributed by atoms with E-state index < -0.39 is 0 Å². The number of aryl methyl sites for hydroxylation is 1. The molecule has 3 aromatic rings. The summed E-state index contributed by atoms with van der Waals surface area (Å²) >= 11 is 0. The fourth-order valence-electron chi connectivity index (χ4n) is 3.23. The van der Waals surface area contributed by atoms with Crippen molar-refractivity contribution in [2.45, 2.75) is 38.3 Å². The van der Waals surface area contributed by atoms with E-state index in [9.17, 15) is 9.18 Å². The van der Waals surface area contributed by atoms with Crippen molar-refractivity contribution in [1.82, 2.24) is 25.1 Å². The van der Waals surface area contributed by atoms with Gasteiger partial charge in [-0.15, -0.1) is 15.3 Å². The Morgan fingerprint density at radius 2 is 2.07 bits per heavy atom. The molecule has 1 amide bonds. The smallest absolute Gasteiger partial charge is 0.220 e. The predicted octanol–water partition coefficient (Wildman–Crippen LogP) is 2.10. The maximum Gasteiger partial charge on any atom is 0.220 e. The quantitative estimate of drug-likeness (QED) is 0.604. The number of anilines is 1. The molecule has 29 heavy (non-hydrogen) atoms. The van der Waals surface area contributed by atoms with Crippen LogP contribution in [0.2, 0.25) is 0 Å². The molecule has 0 saturated carbocycles. The lowest BCUT2D eigenvalue weighted by Crippen LogP contribution is -2.32. The van der Waals surface area contributed by atoms with Crippen molar-refractivity contribution >= 4 is 17.4 Å². The molecule has 9 heteroatoms. The number of hydrogen-bond donors (Lipinski definition) is 2. The maximum atomic E-state index is 13.0. The summed E-state index contributed by atoms with van der Waals surface area (Å²) in [6, 6.07) is 9.92. The SMILES string of the molecule is O=C(CCc1nnc2ccc(NCc3ccc(F)cc3)nn12)NC[C@@H]1CCCO1. The minimum absolute atomic E-state index is 0.0390. The largest absolute Gasteiger partial charge is 0.376 e. The van der Waals surface area contributed by atoms with Crippen molar-refractivity contribution in [3.8, 4) is 0 Å². The lowest BCUT2D eigenvalue weighted by atomic mass is 10.2. The number of fused-ring (bicyclic) bond motifs is 1. The van der Waals surface area contributed by atoms with Crippen LogP contribution in [0.3, 0.4) is 0 Å². The lowest BCUT2D eigenvalue weighted by Gasteiger charge is -2.10. The fourth-order valence-corrected chi connectivity index (χ4v) is 3.23. The number of rotatable bonds is 8. The van der Waals surface area contributed by atoms with Crippen molar-refractivity contribution in [3.05, 3.63) is 53.6 Å². The molecule has 1 atom stereocenters. The molecule has 8 nitrogen and oxygen atoms in total. The molecule has 0 aliphatic carbocycles. The zero-order valence-electron chi connectivity index (χ0n) is 16.0. The average molecular weight is 398 g/mol. The molecule has 152 valence electrons. The molecule has 4 rings (SSSR count). The summed E-state index contributed by atoms with van der Waals surface area (Å²) in [4.78, 5) is 12.1. The molecule has 1 aliphatic heterocycles. The number of hydrogen-bond acceptors (Lipinski definition) is 6. The lowest BCUT2D eigenvalue weighted by molar-refractivity contribution is -0.121. The minimum Gasteiger partial charge on any atom is -0.376 e. The number of carbonyl (C=O) groups is 1. The second kappa shape index (κ2) is 8.95. The Bertz CT molecular complexity index is 969. The van der Waals surface area contributed by atoms with Crippen LogP contribution in [0.5, 0.6) is 0 Å². The van der Waals surface area contributed by atoms with Gasteiger partial charge in [-0.1, -0.05) is 12.1 Å². The third-order valence-electron chi connectivity index (χ3n) is 4.84. The molecular formula is C20H23FN6O2. The normalized spacial score (nSPS) is 16.2. The van der Waals surface area contributed by atoms with Crippen molar-refractivity contribution in [1.29, 1.82) is 0 Å². The van der Waals surface area contributed by atoms with Gasteiger partial charge in [0.25, 0.3) is 0 Å². The number of nitrogens with one attached hydrogen (secondary N) is 2. The number of nitrogens with zero attached hydrogens (tertiary/aromatic N) is 4. The highest BCUT2D eigenvalue weighted by molar-refractivity contribution is 5.76. The van der Waals surface area contributed by atoms with Crippen molar-refractivity contribution < 1.29 is 13.9 Å². The van der Waals surface area contributed by atoms with Gasteiger partial charge in [-0.2, -0.15) is 4.52 Å². The highest BCUT2D eigenvalue weighted by Crippen LogP contribution is 2.12. The molecule has 1 saturated heterocycles. The molecule has 0 bridgehead atoms. The van der Waals surface area contributed by atoms with Gasteiger partial charge in [0.2, 0.25) is 5.91 Å². The number of halogens is 1. The Morgan fingerprint density at radius 3 is 2.86 bits per heavy atom. The Labute approximate surface area is 167 Å². The van der Waals surface area contributed by atoms with Gasteiger partial charge in [-0.25, -0.2) is 4.39 Å². The third kappa shape index (κ3) is 5.05. The van der Waals surface area contributed by atoms with Gasteiger partial charge in [-0.05, 0) is 42.7 Å². The molecule has 0 unspecified atom stereocenters. The monoisotopic (exact) mass is 398 g/mol. The topological polar surface area (TPSA) is 93.4 Å². The van der Waals surface area contributed by atoms with Gasteiger partial charge >= 0.3 is 0 Å². The van der Waals surface area contributed by atoms with E-state index in [-0.39, 0.29) is 17.8 Å². The van der Waals surface area contributed by atoms with E-state index in [0.29, 0.717) is 43.2 Å². The summed E-state index contributed by atoms with van der Waals surface area (Å²) in [6.45, 7) is 1.84. The second-order valence-corrected chi connectivity index (χ2v) is 7.02. The van der Waals surface area contributed by atoms with Crippen molar-refractivity contribution in [2.75, 3.05) is 18.5 Å². The Kier molecular flexibility index (Phi) is 5.95. The first-order chi connectivity index (χ1) is 14.2. The van der Waals surface area contributed by atoms with Crippen LogP contribution in [0.15, 0.2) is 36.4 Å². The molecule has 2 aromatic heterocycles. The number of ether oxygens (including phenoxy) is 1. The number of benzene rings is 1. The van der Waals surface area contributed by atoms with Crippen LogP contribution in [0, 0.1) is 5.82 Å². The van der Waals surface area contributed by atoms with E-state index in [0.717, 1.165) is 25.0 Å². The maximum absolute atomic E-state index is 13.0. The number of amides is 1. The van der Waals surface area contributed by atoms with E-state index >= 15 is 0 Å². The molecular weight excluding hydrogens is 375 g/mol.